The van der Waals surface area contributed by atoms with Crippen LogP contribution in [0.25, 0.3) is 11.3 Å². The number of aryl methyl sites for hydroxylation is 2. The van der Waals surface area contributed by atoms with Crippen molar-refractivity contribution in [3.63, 3.8) is 0 Å². The van der Waals surface area contributed by atoms with Crippen LogP contribution in [0.3, 0.4) is 0 Å². The molecule has 40 heavy (non-hydrogen) atoms. The van der Waals surface area contributed by atoms with Crippen LogP contribution in [0.4, 0.5) is 5.13 Å². The Bertz CT molecular complexity index is 1370. The molecule has 2 atom stereocenters. The van der Waals surface area contributed by atoms with Crippen LogP contribution in [0.1, 0.15) is 39.9 Å². The summed E-state index contributed by atoms with van der Waals surface area (Å²) in [6.07, 6.45) is 2.24. The number of rotatable bonds is 9. The molecule has 3 aliphatic rings. The molecule has 3 fully saturated rings. The first-order chi connectivity index (χ1) is 19.5. The van der Waals surface area contributed by atoms with Gasteiger partial charge in [0.25, 0.3) is 5.91 Å². The molecule has 2 aliphatic heterocycles. The number of nitrogens with zero attached hydrogens (tertiary/aromatic N) is 3. The number of carbonyl (C=O) groups is 1. The van der Waals surface area contributed by atoms with E-state index in [1.165, 1.54) is 6.42 Å². The van der Waals surface area contributed by atoms with Crippen molar-refractivity contribution in [1.82, 2.24) is 9.88 Å². The van der Waals surface area contributed by atoms with E-state index in [0.29, 0.717) is 51.0 Å². The Morgan fingerprint density at radius 1 is 1.18 bits per heavy atom. The monoisotopic (exact) mass is 563 g/mol. The number of piperidine rings is 1. The van der Waals surface area contributed by atoms with Crippen LogP contribution in [0.2, 0.25) is 0 Å². The minimum atomic E-state index is -0.200. The van der Waals surface area contributed by atoms with Gasteiger partial charge in [0.05, 0.1) is 25.5 Å². The molecule has 0 unspecified atom stereocenters. The highest BCUT2D eigenvalue weighted by Crippen LogP contribution is 2.58. The number of thiazole rings is 1. The fourth-order valence-corrected chi connectivity index (χ4v) is 6.84. The number of morpholine rings is 1. The summed E-state index contributed by atoms with van der Waals surface area (Å²) in [5.74, 6) is 1.46. The molecule has 3 aromatic rings. The first-order valence-electron chi connectivity index (χ1n) is 14.1. The number of aromatic nitrogens is 1. The van der Waals surface area contributed by atoms with E-state index in [-0.39, 0.29) is 18.1 Å². The topological polar surface area (TPSA) is 84.4 Å². The molecule has 9 heteroatoms. The molecular formula is C31H37N3O5S. The van der Waals surface area contributed by atoms with Crippen LogP contribution in [-0.4, -0.2) is 73.7 Å². The number of ether oxygens (including phenoxy) is 3. The summed E-state index contributed by atoms with van der Waals surface area (Å²) >= 11 is 1.68. The van der Waals surface area contributed by atoms with Crippen LogP contribution < -0.4 is 9.64 Å². The second-order valence-electron chi connectivity index (χ2n) is 11.3. The minimum absolute atomic E-state index is 0.0543. The zero-order valence-electron chi connectivity index (χ0n) is 23.2. The Labute approximate surface area is 239 Å². The van der Waals surface area contributed by atoms with E-state index in [1.54, 1.807) is 11.3 Å². The molecular weight excluding hydrogens is 526 g/mol. The van der Waals surface area contributed by atoms with Gasteiger partial charge < -0.3 is 29.1 Å². The van der Waals surface area contributed by atoms with Crippen molar-refractivity contribution in [2.24, 2.45) is 11.3 Å². The summed E-state index contributed by atoms with van der Waals surface area (Å²) in [5.41, 5.74) is 6.12. The summed E-state index contributed by atoms with van der Waals surface area (Å²) in [5, 5.41) is 12.2. The second-order valence-corrected chi connectivity index (χ2v) is 12.1. The lowest BCUT2D eigenvalue weighted by molar-refractivity contribution is -0.0274. The Morgan fingerprint density at radius 2 is 2.02 bits per heavy atom. The highest BCUT2D eigenvalue weighted by molar-refractivity contribution is 7.14. The van der Waals surface area contributed by atoms with E-state index in [1.807, 2.05) is 36.1 Å². The summed E-state index contributed by atoms with van der Waals surface area (Å²) in [6, 6.07) is 12.1. The molecule has 0 spiro atoms. The largest absolute Gasteiger partial charge is 0.488 e. The van der Waals surface area contributed by atoms with Crippen LogP contribution in [0.5, 0.6) is 5.75 Å². The van der Waals surface area contributed by atoms with E-state index in [0.717, 1.165) is 58.3 Å². The average molecular weight is 564 g/mol. The molecule has 8 nitrogen and oxygen atoms in total. The lowest BCUT2D eigenvalue weighted by Gasteiger charge is -2.31. The number of aliphatic hydroxyl groups excluding tert-OH is 1. The smallest absolute Gasteiger partial charge is 0.254 e. The van der Waals surface area contributed by atoms with Gasteiger partial charge in [0.2, 0.25) is 0 Å². The predicted octanol–water partition coefficient (Wildman–Crippen LogP) is 4.66. The van der Waals surface area contributed by atoms with Gasteiger partial charge in [0.15, 0.2) is 5.13 Å². The van der Waals surface area contributed by atoms with Crippen LogP contribution in [0, 0.1) is 25.2 Å². The minimum Gasteiger partial charge on any atom is -0.488 e. The number of hydrogen-bond donors (Lipinski definition) is 1. The number of amides is 1. The number of benzene rings is 2. The van der Waals surface area contributed by atoms with E-state index in [2.05, 4.69) is 29.3 Å². The molecule has 212 valence electrons. The normalized spacial score (nSPS) is 22.2. The third-order valence-corrected chi connectivity index (χ3v) is 9.51. The third kappa shape index (κ3) is 5.61. The Morgan fingerprint density at radius 3 is 2.80 bits per heavy atom. The van der Waals surface area contributed by atoms with Gasteiger partial charge in [-0.05, 0) is 68.0 Å². The van der Waals surface area contributed by atoms with Crippen LogP contribution in [-0.2, 0) is 16.1 Å². The van der Waals surface area contributed by atoms with E-state index in [9.17, 15) is 4.79 Å². The highest BCUT2D eigenvalue weighted by atomic mass is 32.1. The molecule has 0 bridgehead atoms. The molecule has 1 saturated carbocycles. The standard InChI is InChI=1S/C31H37N3O5S/c1-21-3-6-28(39-17-24-5-4-23(14-22(24)2)29(36)33-9-11-37-12-10-33)26(13-21)27-18-40-30(32-27)34-8-7-31(19-38-20-35)15-25(31)16-34/h3-6,13-14,18,25,35H,7-12,15-17,19-20H2,1-2H3/t25-,31-/m0/s1. The fraction of sp³-hybridized carbons (Fsp3) is 0.484. The first-order valence-corrected chi connectivity index (χ1v) is 14.9. The first kappa shape index (κ1) is 27.2. The molecule has 0 radical (unpaired) electrons. The lowest BCUT2D eigenvalue weighted by atomic mass is 9.96. The van der Waals surface area contributed by atoms with Crippen LogP contribution in [0.15, 0.2) is 41.8 Å². The summed E-state index contributed by atoms with van der Waals surface area (Å²) in [7, 11) is 0. The van der Waals surface area contributed by atoms with Gasteiger partial charge >= 0.3 is 0 Å². The predicted molar refractivity (Wildman–Crippen MR) is 155 cm³/mol. The van der Waals surface area contributed by atoms with E-state index in [4.69, 9.17) is 24.3 Å². The van der Waals surface area contributed by atoms with Gasteiger partial charge in [0, 0.05) is 48.1 Å². The lowest BCUT2D eigenvalue weighted by Crippen LogP contribution is -2.40. The summed E-state index contributed by atoms with van der Waals surface area (Å²) < 4.78 is 17.1. The van der Waals surface area contributed by atoms with Crippen LogP contribution >= 0.6 is 11.3 Å². The van der Waals surface area contributed by atoms with Gasteiger partial charge in [-0.2, -0.15) is 0 Å². The number of anilines is 1. The zero-order chi connectivity index (χ0) is 27.7. The quantitative estimate of drug-likeness (QED) is 0.379. The molecule has 6 rings (SSSR count). The zero-order valence-corrected chi connectivity index (χ0v) is 24.0. The molecule has 2 saturated heterocycles. The number of carbonyl (C=O) groups excluding carboxylic acids is 1. The Hall–Kier alpha value is -2.98. The third-order valence-electron chi connectivity index (χ3n) is 8.60. The average Bonchev–Trinajstić information content (AvgIpc) is 3.49. The van der Waals surface area contributed by atoms with Gasteiger partial charge in [0.1, 0.15) is 19.1 Å². The van der Waals surface area contributed by atoms with Crippen molar-refractivity contribution < 1.29 is 24.1 Å². The van der Waals surface area contributed by atoms with Crippen molar-refractivity contribution in [3.8, 4) is 17.0 Å². The van der Waals surface area contributed by atoms with Crippen molar-refractivity contribution in [3.05, 3.63) is 64.0 Å². The summed E-state index contributed by atoms with van der Waals surface area (Å²) in [4.78, 5) is 22.2. The van der Waals surface area contributed by atoms with E-state index < -0.39 is 0 Å². The van der Waals surface area contributed by atoms with E-state index >= 15 is 0 Å². The summed E-state index contributed by atoms with van der Waals surface area (Å²) in [6.45, 7) is 9.38. The molecule has 1 aromatic heterocycles. The molecule has 1 aliphatic carbocycles. The Balaban J connectivity index is 1.13. The maximum atomic E-state index is 12.9. The molecule has 3 heterocycles. The molecule has 2 aromatic carbocycles. The maximum Gasteiger partial charge on any atom is 0.254 e. The van der Waals surface area contributed by atoms with Crippen molar-refractivity contribution >= 4 is 22.4 Å². The maximum absolute atomic E-state index is 12.9. The molecule has 1 amide bonds. The van der Waals surface area contributed by atoms with Crippen molar-refractivity contribution in [1.29, 1.82) is 0 Å². The Kier molecular flexibility index (Phi) is 7.81. The van der Waals surface area contributed by atoms with Gasteiger partial charge in [-0.15, -0.1) is 11.3 Å². The second kappa shape index (κ2) is 11.5. The number of aliphatic hydroxyl groups is 1. The highest BCUT2D eigenvalue weighted by Gasteiger charge is 2.56. The fourth-order valence-electron chi connectivity index (χ4n) is 5.98. The number of fused-ring (bicyclic) bond motifs is 1. The van der Waals surface area contributed by atoms with Crippen molar-refractivity contribution in [2.75, 3.05) is 57.7 Å². The SMILES string of the molecule is Cc1ccc(OCc2ccc(C(=O)N3CCOCC3)cc2C)c(-c2csc(N3CC[C@@]4(COCO)C[C@H]4C3)n2)c1. The number of hydrogen-bond acceptors (Lipinski definition) is 8. The van der Waals surface area contributed by atoms with Gasteiger partial charge in [-0.25, -0.2) is 4.98 Å². The van der Waals surface area contributed by atoms with Crippen molar-refractivity contribution in [2.45, 2.75) is 33.3 Å². The van der Waals surface area contributed by atoms with Gasteiger partial charge in [-0.1, -0.05) is 17.7 Å². The van der Waals surface area contributed by atoms with Gasteiger partial charge in [-0.3, -0.25) is 4.79 Å². The molecule has 1 N–H and O–H groups in total.